The van der Waals surface area contributed by atoms with E-state index in [1.54, 1.807) is 11.8 Å². The van der Waals surface area contributed by atoms with E-state index in [2.05, 4.69) is 0 Å². The average Bonchev–Trinajstić information content (AvgIpc) is 1.84. The third kappa shape index (κ3) is 6.48. The van der Waals surface area contributed by atoms with Crippen LogP contribution < -0.4 is 4.72 Å². The quantitative estimate of drug-likeness (QED) is 0.660. The van der Waals surface area contributed by atoms with Gasteiger partial charge in [-0.2, -0.15) is 11.8 Å². The molecule has 0 saturated heterocycles. The van der Waals surface area contributed by atoms with Gasteiger partial charge < -0.3 is 0 Å². The van der Waals surface area contributed by atoms with E-state index in [0.717, 1.165) is 5.75 Å². The number of amides is 1. The maximum absolute atomic E-state index is 11.0. The highest BCUT2D eigenvalue weighted by Crippen LogP contribution is 1.97. The molecule has 0 aromatic rings. The molecule has 0 unspecified atom stereocenters. The van der Waals surface area contributed by atoms with E-state index in [1.165, 1.54) is 6.92 Å². The molecule has 0 spiro atoms. The van der Waals surface area contributed by atoms with Gasteiger partial charge in [0.1, 0.15) is 0 Å². The Balaban J connectivity index is 3.81. The van der Waals surface area contributed by atoms with Crippen LogP contribution in [0.4, 0.5) is 0 Å². The molecular weight excluding hydrogens is 198 g/mol. The van der Waals surface area contributed by atoms with Crippen molar-refractivity contribution in [1.29, 1.82) is 0 Å². The molecule has 0 aliphatic carbocycles. The molecule has 0 fully saturated rings. The zero-order chi connectivity index (χ0) is 9.61. The smallest absolute Gasteiger partial charge is 0.234 e. The van der Waals surface area contributed by atoms with Gasteiger partial charge in [-0.25, -0.2) is 8.42 Å². The van der Waals surface area contributed by atoms with Gasteiger partial charge in [0.15, 0.2) is 0 Å². The van der Waals surface area contributed by atoms with Crippen molar-refractivity contribution in [2.45, 2.75) is 13.3 Å². The molecule has 0 aliphatic heterocycles. The number of sulfonamides is 1. The van der Waals surface area contributed by atoms with Gasteiger partial charge in [0, 0.05) is 6.92 Å². The first-order valence-electron chi connectivity index (χ1n) is 3.48. The minimum atomic E-state index is -3.37. The monoisotopic (exact) mass is 211 g/mol. The van der Waals surface area contributed by atoms with Gasteiger partial charge in [-0.1, -0.05) is 0 Å². The highest BCUT2D eigenvalue weighted by molar-refractivity contribution is 7.98. The Morgan fingerprint density at radius 2 is 2.08 bits per heavy atom. The molecule has 6 heteroatoms. The van der Waals surface area contributed by atoms with Crippen molar-refractivity contribution in [1.82, 2.24) is 4.72 Å². The molecule has 0 aromatic heterocycles. The molecule has 0 aromatic carbocycles. The molecule has 0 saturated carbocycles. The van der Waals surface area contributed by atoms with E-state index in [4.69, 9.17) is 0 Å². The van der Waals surface area contributed by atoms with Gasteiger partial charge in [-0.15, -0.1) is 0 Å². The number of hydrogen-bond acceptors (Lipinski definition) is 4. The zero-order valence-corrected chi connectivity index (χ0v) is 8.80. The second-order valence-corrected chi connectivity index (χ2v) is 5.15. The highest BCUT2D eigenvalue weighted by atomic mass is 32.2. The molecule has 0 bridgehead atoms. The van der Waals surface area contributed by atoms with Crippen molar-refractivity contribution < 1.29 is 13.2 Å². The lowest BCUT2D eigenvalue weighted by Crippen LogP contribution is -2.30. The first-order chi connectivity index (χ1) is 5.48. The molecule has 0 atom stereocenters. The lowest BCUT2D eigenvalue weighted by molar-refractivity contribution is -0.117. The van der Waals surface area contributed by atoms with Gasteiger partial charge in [0.05, 0.1) is 5.75 Å². The molecule has 1 N–H and O–H groups in total. The summed E-state index contributed by atoms with van der Waals surface area (Å²) >= 11 is 1.58. The molecular formula is C6H13NO3S2. The maximum atomic E-state index is 11.0. The topological polar surface area (TPSA) is 63.2 Å². The van der Waals surface area contributed by atoms with Crippen LogP contribution in [-0.2, 0) is 14.8 Å². The number of nitrogens with one attached hydrogen (secondary N) is 1. The van der Waals surface area contributed by atoms with Crippen LogP contribution in [0, 0.1) is 0 Å². The van der Waals surface area contributed by atoms with Crippen molar-refractivity contribution in [3.05, 3.63) is 0 Å². The average molecular weight is 211 g/mol. The van der Waals surface area contributed by atoms with E-state index < -0.39 is 15.9 Å². The van der Waals surface area contributed by atoms with Crippen LogP contribution in [0.25, 0.3) is 0 Å². The van der Waals surface area contributed by atoms with E-state index in [-0.39, 0.29) is 5.75 Å². The van der Waals surface area contributed by atoms with Gasteiger partial charge >= 0.3 is 0 Å². The molecule has 4 nitrogen and oxygen atoms in total. The van der Waals surface area contributed by atoms with Crippen molar-refractivity contribution >= 4 is 27.7 Å². The van der Waals surface area contributed by atoms with Crippen molar-refractivity contribution in [3.63, 3.8) is 0 Å². The second kappa shape index (κ2) is 5.42. The van der Waals surface area contributed by atoms with Gasteiger partial charge in [0.25, 0.3) is 0 Å². The van der Waals surface area contributed by atoms with Gasteiger partial charge in [0.2, 0.25) is 15.9 Å². The molecule has 0 heterocycles. The minimum absolute atomic E-state index is 0.0212. The number of hydrogen-bond donors (Lipinski definition) is 1. The summed E-state index contributed by atoms with van der Waals surface area (Å²) < 4.78 is 23.9. The summed E-state index contributed by atoms with van der Waals surface area (Å²) in [6.45, 7) is 1.19. The minimum Gasteiger partial charge on any atom is -0.274 e. The second-order valence-electron chi connectivity index (χ2n) is 2.32. The predicted molar refractivity (Wildman–Crippen MR) is 50.6 cm³/mol. The first kappa shape index (κ1) is 11.8. The van der Waals surface area contributed by atoms with Crippen LogP contribution in [0.2, 0.25) is 0 Å². The normalized spacial score (nSPS) is 11.2. The zero-order valence-electron chi connectivity index (χ0n) is 7.16. The van der Waals surface area contributed by atoms with Crippen LogP contribution in [0.3, 0.4) is 0 Å². The Morgan fingerprint density at radius 1 is 1.50 bits per heavy atom. The summed E-state index contributed by atoms with van der Waals surface area (Å²) in [5.41, 5.74) is 0. The number of rotatable bonds is 5. The van der Waals surface area contributed by atoms with Crippen molar-refractivity contribution in [2.75, 3.05) is 17.8 Å². The fraction of sp³-hybridized carbons (Fsp3) is 0.833. The third-order valence-electron chi connectivity index (χ3n) is 1.06. The summed E-state index contributed by atoms with van der Waals surface area (Å²) in [6.07, 6.45) is 2.48. The van der Waals surface area contributed by atoms with Gasteiger partial charge in [-0.3, -0.25) is 9.52 Å². The Kier molecular flexibility index (Phi) is 5.32. The lowest BCUT2D eigenvalue weighted by atomic mass is 10.6. The summed E-state index contributed by atoms with van der Waals surface area (Å²) in [5.74, 6) is 0.283. The van der Waals surface area contributed by atoms with Crippen molar-refractivity contribution in [2.24, 2.45) is 0 Å². The molecule has 72 valence electrons. The molecule has 1 amide bonds. The Labute approximate surface area is 77.2 Å². The molecule has 0 radical (unpaired) electrons. The van der Waals surface area contributed by atoms with Gasteiger partial charge in [-0.05, 0) is 18.4 Å². The number of carbonyl (C=O) groups excluding carboxylic acids is 1. The van der Waals surface area contributed by atoms with Crippen LogP contribution in [0.1, 0.15) is 13.3 Å². The summed E-state index contributed by atoms with van der Waals surface area (Å²) in [7, 11) is -3.37. The van der Waals surface area contributed by atoms with Crippen LogP contribution in [0.15, 0.2) is 0 Å². The number of carbonyl (C=O) groups is 1. The predicted octanol–water partition coefficient (Wildman–Crippen LogP) is 0.205. The van der Waals surface area contributed by atoms with E-state index >= 15 is 0 Å². The first-order valence-corrected chi connectivity index (χ1v) is 6.52. The largest absolute Gasteiger partial charge is 0.274 e. The molecule has 0 rings (SSSR count). The summed E-state index contributed by atoms with van der Waals surface area (Å²) in [4.78, 5) is 10.4. The van der Waals surface area contributed by atoms with Crippen LogP contribution in [0.5, 0.6) is 0 Å². The number of thioether (sulfide) groups is 1. The fourth-order valence-electron chi connectivity index (χ4n) is 0.663. The fourth-order valence-corrected chi connectivity index (χ4v) is 2.34. The van der Waals surface area contributed by atoms with E-state index in [1.807, 2.05) is 11.0 Å². The van der Waals surface area contributed by atoms with E-state index in [0.29, 0.717) is 6.42 Å². The third-order valence-corrected chi connectivity index (χ3v) is 3.18. The molecule has 0 aliphatic rings. The molecule has 12 heavy (non-hydrogen) atoms. The van der Waals surface area contributed by atoms with Crippen molar-refractivity contribution in [3.8, 4) is 0 Å². The Morgan fingerprint density at radius 3 is 2.50 bits per heavy atom. The summed E-state index contributed by atoms with van der Waals surface area (Å²) in [5, 5.41) is 0. The summed E-state index contributed by atoms with van der Waals surface area (Å²) in [6, 6.07) is 0. The highest BCUT2D eigenvalue weighted by Gasteiger charge is 2.10. The maximum Gasteiger partial charge on any atom is 0.234 e. The van der Waals surface area contributed by atoms with E-state index in [9.17, 15) is 13.2 Å². The standard InChI is InChI=1S/C6H13NO3S2/c1-6(8)7-12(9,10)5-3-4-11-2/h3-5H2,1-2H3,(H,7,8). The Hall–Kier alpha value is -0.230. The SMILES string of the molecule is CSCCCS(=O)(=O)NC(C)=O. The van der Waals surface area contributed by atoms with Crippen LogP contribution in [-0.4, -0.2) is 32.1 Å². The Bertz CT molecular complexity index is 235. The van der Waals surface area contributed by atoms with Crippen LogP contribution >= 0.6 is 11.8 Å². The lowest BCUT2D eigenvalue weighted by Gasteiger charge is -2.02.